The maximum Gasteiger partial charge on any atom is 0.309 e. The van der Waals surface area contributed by atoms with E-state index in [1.165, 1.54) is 0 Å². The van der Waals surface area contributed by atoms with Crippen LogP contribution in [0.1, 0.15) is 41.0 Å². The monoisotopic (exact) mass is 303 g/mol. The fraction of sp³-hybridized carbons (Fsp3) is 0.375. The summed E-state index contributed by atoms with van der Waals surface area (Å²) in [4.78, 5) is 48.7. The molecule has 0 spiro atoms. The topological polar surface area (TPSA) is 80.8 Å². The van der Waals surface area contributed by atoms with Gasteiger partial charge in [0.1, 0.15) is 0 Å². The highest BCUT2D eigenvalue weighted by molar-refractivity contribution is 6.22. The number of carbonyl (C=O) groups is 4. The van der Waals surface area contributed by atoms with E-state index in [9.17, 15) is 19.2 Å². The molecule has 1 aromatic carbocycles. The largest absolute Gasteiger partial charge is 0.466 e. The van der Waals surface area contributed by atoms with Crippen LogP contribution in [0.2, 0.25) is 0 Å². The van der Waals surface area contributed by atoms with Gasteiger partial charge in [0.25, 0.3) is 11.8 Å². The van der Waals surface area contributed by atoms with E-state index in [4.69, 9.17) is 4.74 Å². The number of ether oxygens (including phenoxy) is 1. The first kappa shape index (κ1) is 15.9. The molecule has 6 heteroatoms. The van der Waals surface area contributed by atoms with Crippen LogP contribution in [0.15, 0.2) is 24.3 Å². The van der Waals surface area contributed by atoms with E-state index in [1.807, 2.05) is 0 Å². The number of imide groups is 1. The zero-order chi connectivity index (χ0) is 16.3. The smallest absolute Gasteiger partial charge is 0.309 e. The molecule has 1 heterocycles. The minimum absolute atomic E-state index is 0.0633. The number of hydrogen-bond acceptors (Lipinski definition) is 5. The Hall–Kier alpha value is -2.50. The molecule has 1 atom stereocenters. The summed E-state index contributed by atoms with van der Waals surface area (Å²) < 4.78 is 4.83. The van der Waals surface area contributed by atoms with Crippen LogP contribution in [-0.2, 0) is 14.3 Å². The van der Waals surface area contributed by atoms with Gasteiger partial charge >= 0.3 is 5.97 Å². The normalized spacial score (nSPS) is 14.7. The number of rotatable bonds is 6. The molecule has 116 valence electrons. The summed E-state index contributed by atoms with van der Waals surface area (Å²) in [5.41, 5.74) is 0.609. The molecular weight excluding hydrogens is 286 g/mol. The van der Waals surface area contributed by atoms with Gasteiger partial charge in [0.2, 0.25) is 0 Å². The highest BCUT2D eigenvalue weighted by Crippen LogP contribution is 2.22. The lowest BCUT2D eigenvalue weighted by Crippen LogP contribution is -2.35. The highest BCUT2D eigenvalue weighted by atomic mass is 16.5. The highest BCUT2D eigenvalue weighted by Gasteiger charge is 2.36. The SMILES string of the molecule is CCOC(=O)C(C)CC(=O)CN1C(=O)c2ccccc2C1=O. The van der Waals surface area contributed by atoms with Crippen LogP contribution in [0.4, 0.5) is 0 Å². The Morgan fingerprint density at radius 2 is 1.68 bits per heavy atom. The summed E-state index contributed by atoms with van der Waals surface area (Å²) in [5.74, 6) is -2.36. The molecule has 0 saturated heterocycles. The predicted molar refractivity (Wildman–Crippen MR) is 77.2 cm³/mol. The standard InChI is InChI=1S/C16H17NO5/c1-3-22-16(21)10(2)8-11(18)9-17-14(19)12-6-4-5-7-13(12)15(17)20/h4-7,10H,3,8-9H2,1-2H3. The van der Waals surface area contributed by atoms with Crippen LogP contribution < -0.4 is 0 Å². The molecule has 6 nitrogen and oxygen atoms in total. The minimum atomic E-state index is -0.595. The van der Waals surface area contributed by atoms with Gasteiger partial charge in [-0.25, -0.2) is 0 Å². The molecular formula is C16H17NO5. The number of ketones is 1. The Labute approximate surface area is 128 Å². The first-order valence-corrected chi connectivity index (χ1v) is 7.09. The Balaban J connectivity index is 2.00. The van der Waals surface area contributed by atoms with Crippen molar-refractivity contribution in [3.8, 4) is 0 Å². The number of nitrogens with zero attached hydrogens (tertiary/aromatic N) is 1. The Morgan fingerprint density at radius 3 is 2.18 bits per heavy atom. The number of Topliss-reactive ketones (excluding diaryl/α,β-unsaturated/α-hetero) is 1. The van der Waals surface area contributed by atoms with Crippen LogP contribution in [0, 0.1) is 5.92 Å². The lowest BCUT2D eigenvalue weighted by atomic mass is 10.0. The zero-order valence-electron chi connectivity index (χ0n) is 12.5. The van der Waals surface area contributed by atoms with E-state index in [0.29, 0.717) is 11.1 Å². The first-order valence-electron chi connectivity index (χ1n) is 7.09. The third-order valence-corrected chi connectivity index (χ3v) is 3.44. The van der Waals surface area contributed by atoms with Gasteiger partial charge < -0.3 is 4.74 Å². The molecule has 1 aliphatic heterocycles. The van der Waals surface area contributed by atoms with Crippen molar-refractivity contribution in [2.45, 2.75) is 20.3 Å². The van der Waals surface area contributed by atoms with E-state index in [2.05, 4.69) is 0 Å². The summed E-state index contributed by atoms with van der Waals surface area (Å²) in [7, 11) is 0. The second-order valence-corrected chi connectivity index (χ2v) is 5.14. The van der Waals surface area contributed by atoms with E-state index in [-0.39, 0.29) is 25.4 Å². The van der Waals surface area contributed by atoms with Crippen molar-refractivity contribution >= 4 is 23.6 Å². The Bertz CT molecular complexity index is 602. The number of esters is 1. The second kappa shape index (κ2) is 6.51. The molecule has 0 fully saturated rings. The molecule has 0 bridgehead atoms. The van der Waals surface area contributed by atoms with Crippen molar-refractivity contribution < 1.29 is 23.9 Å². The number of benzene rings is 1. The van der Waals surface area contributed by atoms with E-state index < -0.39 is 23.7 Å². The van der Waals surface area contributed by atoms with E-state index in [1.54, 1.807) is 38.1 Å². The third kappa shape index (κ3) is 3.05. The lowest BCUT2D eigenvalue weighted by Gasteiger charge is -2.14. The van der Waals surface area contributed by atoms with Crippen molar-refractivity contribution in [1.82, 2.24) is 4.90 Å². The number of carbonyl (C=O) groups excluding carboxylic acids is 4. The second-order valence-electron chi connectivity index (χ2n) is 5.14. The van der Waals surface area contributed by atoms with Crippen molar-refractivity contribution in [2.24, 2.45) is 5.92 Å². The number of amides is 2. The number of fused-ring (bicyclic) bond motifs is 1. The summed E-state index contributed by atoms with van der Waals surface area (Å²) in [5, 5.41) is 0. The van der Waals surface area contributed by atoms with E-state index >= 15 is 0 Å². The minimum Gasteiger partial charge on any atom is -0.466 e. The molecule has 0 aliphatic carbocycles. The lowest BCUT2D eigenvalue weighted by molar-refractivity contribution is -0.148. The van der Waals surface area contributed by atoms with Gasteiger partial charge in [-0.2, -0.15) is 0 Å². The fourth-order valence-electron chi connectivity index (χ4n) is 2.33. The van der Waals surface area contributed by atoms with Crippen LogP contribution in [0.3, 0.4) is 0 Å². The average molecular weight is 303 g/mol. The van der Waals surface area contributed by atoms with Gasteiger partial charge in [-0.1, -0.05) is 19.1 Å². The first-order chi connectivity index (χ1) is 10.5. The molecule has 22 heavy (non-hydrogen) atoms. The van der Waals surface area contributed by atoms with Crippen molar-refractivity contribution in [1.29, 1.82) is 0 Å². The van der Waals surface area contributed by atoms with E-state index in [0.717, 1.165) is 4.90 Å². The molecule has 0 radical (unpaired) electrons. The van der Waals surface area contributed by atoms with Crippen LogP contribution >= 0.6 is 0 Å². The molecule has 0 aromatic heterocycles. The maximum atomic E-state index is 12.1. The third-order valence-electron chi connectivity index (χ3n) is 3.44. The van der Waals surface area contributed by atoms with Gasteiger partial charge in [0.15, 0.2) is 5.78 Å². The van der Waals surface area contributed by atoms with Gasteiger partial charge in [0.05, 0.1) is 30.2 Å². The number of hydrogen-bond donors (Lipinski definition) is 0. The van der Waals surface area contributed by atoms with Crippen LogP contribution in [0.5, 0.6) is 0 Å². The summed E-state index contributed by atoms with van der Waals surface area (Å²) >= 11 is 0. The van der Waals surface area contributed by atoms with Crippen molar-refractivity contribution in [3.05, 3.63) is 35.4 Å². The quantitative estimate of drug-likeness (QED) is 0.587. The summed E-state index contributed by atoms with van der Waals surface area (Å²) in [6.07, 6.45) is -0.0633. The van der Waals surface area contributed by atoms with Gasteiger partial charge in [-0.05, 0) is 19.1 Å². The average Bonchev–Trinajstić information content (AvgIpc) is 2.73. The van der Waals surface area contributed by atoms with Gasteiger partial charge in [-0.3, -0.25) is 24.1 Å². The maximum absolute atomic E-state index is 12.1. The molecule has 2 amide bonds. The summed E-state index contributed by atoms with van der Waals surface area (Å²) in [6.45, 7) is 3.19. The summed E-state index contributed by atoms with van der Waals surface area (Å²) in [6, 6.07) is 6.44. The molecule has 1 unspecified atom stereocenters. The van der Waals surface area contributed by atoms with Gasteiger partial charge in [-0.15, -0.1) is 0 Å². The van der Waals surface area contributed by atoms with Crippen LogP contribution in [0.25, 0.3) is 0 Å². The Morgan fingerprint density at radius 1 is 1.14 bits per heavy atom. The van der Waals surface area contributed by atoms with Crippen LogP contribution in [-0.4, -0.2) is 41.6 Å². The predicted octanol–water partition coefficient (Wildman–Crippen LogP) is 1.44. The molecule has 1 aliphatic rings. The molecule has 0 saturated carbocycles. The molecule has 1 aromatic rings. The van der Waals surface area contributed by atoms with Gasteiger partial charge in [0, 0.05) is 6.42 Å². The van der Waals surface area contributed by atoms with Crippen molar-refractivity contribution in [3.63, 3.8) is 0 Å². The van der Waals surface area contributed by atoms with Crippen molar-refractivity contribution in [2.75, 3.05) is 13.2 Å². The zero-order valence-corrected chi connectivity index (χ0v) is 12.5. The Kier molecular flexibility index (Phi) is 4.70. The molecule has 2 rings (SSSR count). The fourth-order valence-corrected chi connectivity index (χ4v) is 2.33. The molecule has 0 N–H and O–H groups in total.